The maximum atomic E-state index is 12.6. The summed E-state index contributed by atoms with van der Waals surface area (Å²) in [4.78, 5) is 15.2. The standard InChI is InChI=1S/C21H23N3O/c25-20-18-8-4-5-9-19(18)22-21(23-20)12-16-10-11-17(13-21)24(16)14-15-6-2-1-3-7-15/h1-9,16-17,22H,10-14H2,(H,23,25)/t16-,17-/m0/s1. The Bertz CT molecular complexity index is 790. The molecule has 2 bridgehead atoms. The molecule has 4 nitrogen and oxygen atoms in total. The van der Waals surface area contributed by atoms with Gasteiger partial charge in [-0.05, 0) is 30.5 Å². The lowest BCUT2D eigenvalue weighted by Gasteiger charge is -2.49. The first-order chi connectivity index (χ1) is 12.2. The third-order valence-corrected chi connectivity index (χ3v) is 6.05. The molecule has 2 fully saturated rings. The molecule has 1 spiro atoms. The maximum Gasteiger partial charge on any atom is 0.255 e. The molecule has 4 heteroatoms. The van der Waals surface area contributed by atoms with Crippen LogP contribution in [0.15, 0.2) is 54.6 Å². The number of carbonyl (C=O) groups is 1. The molecule has 0 aliphatic carbocycles. The molecular weight excluding hydrogens is 310 g/mol. The average molecular weight is 333 g/mol. The largest absolute Gasteiger partial charge is 0.362 e. The van der Waals surface area contributed by atoms with Crippen LogP contribution in [0.1, 0.15) is 41.6 Å². The Balaban J connectivity index is 1.39. The molecule has 5 rings (SSSR count). The normalized spacial score (nSPS) is 30.6. The first-order valence-electron chi connectivity index (χ1n) is 9.22. The van der Waals surface area contributed by atoms with Crippen molar-refractivity contribution in [3.8, 4) is 0 Å². The Morgan fingerprint density at radius 2 is 1.60 bits per heavy atom. The third-order valence-electron chi connectivity index (χ3n) is 6.05. The first-order valence-corrected chi connectivity index (χ1v) is 9.22. The second kappa shape index (κ2) is 5.60. The minimum absolute atomic E-state index is 0.0604. The van der Waals surface area contributed by atoms with Gasteiger partial charge in [0.2, 0.25) is 0 Å². The lowest BCUT2D eigenvalue weighted by atomic mass is 9.87. The van der Waals surface area contributed by atoms with Gasteiger partial charge in [-0.2, -0.15) is 0 Å². The van der Waals surface area contributed by atoms with Gasteiger partial charge in [0.25, 0.3) is 5.91 Å². The predicted octanol–water partition coefficient (Wildman–Crippen LogP) is 3.37. The van der Waals surface area contributed by atoms with Crippen molar-refractivity contribution in [1.82, 2.24) is 10.2 Å². The van der Waals surface area contributed by atoms with Gasteiger partial charge in [-0.15, -0.1) is 0 Å². The molecule has 2 aromatic rings. The van der Waals surface area contributed by atoms with Gasteiger partial charge in [0.15, 0.2) is 0 Å². The number of nitrogens with zero attached hydrogens (tertiary/aromatic N) is 1. The van der Waals surface area contributed by atoms with Crippen LogP contribution in [0.5, 0.6) is 0 Å². The molecule has 128 valence electrons. The monoisotopic (exact) mass is 333 g/mol. The molecule has 0 unspecified atom stereocenters. The number of amides is 1. The molecule has 3 heterocycles. The molecule has 25 heavy (non-hydrogen) atoms. The summed E-state index contributed by atoms with van der Waals surface area (Å²) in [5.74, 6) is 0.0604. The van der Waals surface area contributed by atoms with Gasteiger partial charge >= 0.3 is 0 Å². The molecule has 3 aliphatic heterocycles. The van der Waals surface area contributed by atoms with Crippen LogP contribution in [0, 0.1) is 0 Å². The van der Waals surface area contributed by atoms with Crippen molar-refractivity contribution < 1.29 is 4.79 Å². The summed E-state index contributed by atoms with van der Waals surface area (Å²) < 4.78 is 0. The summed E-state index contributed by atoms with van der Waals surface area (Å²) in [5.41, 5.74) is 2.82. The number of fused-ring (bicyclic) bond motifs is 3. The summed E-state index contributed by atoms with van der Waals surface area (Å²) in [6.07, 6.45) is 4.38. The number of carbonyl (C=O) groups excluding carboxylic acids is 1. The Hall–Kier alpha value is -2.33. The first kappa shape index (κ1) is 15.0. The maximum absolute atomic E-state index is 12.6. The Labute approximate surface area is 148 Å². The number of anilines is 1. The predicted molar refractivity (Wildman–Crippen MR) is 98.3 cm³/mol. The van der Waals surface area contributed by atoms with Crippen molar-refractivity contribution >= 4 is 11.6 Å². The molecule has 0 saturated carbocycles. The fourth-order valence-corrected chi connectivity index (χ4v) is 4.96. The van der Waals surface area contributed by atoms with Gasteiger partial charge in [-0.25, -0.2) is 0 Å². The van der Waals surface area contributed by atoms with Gasteiger partial charge in [0.05, 0.1) is 5.56 Å². The molecule has 2 saturated heterocycles. The Morgan fingerprint density at radius 3 is 2.36 bits per heavy atom. The van der Waals surface area contributed by atoms with Crippen LogP contribution in [0.2, 0.25) is 0 Å². The summed E-state index contributed by atoms with van der Waals surface area (Å²) in [6.45, 7) is 1.01. The van der Waals surface area contributed by atoms with E-state index in [9.17, 15) is 4.79 Å². The quantitative estimate of drug-likeness (QED) is 0.886. The van der Waals surface area contributed by atoms with Gasteiger partial charge in [0, 0.05) is 37.2 Å². The Kier molecular flexibility index (Phi) is 3.35. The highest BCUT2D eigenvalue weighted by Gasteiger charge is 2.50. The lowest BCUT2D eigenvalue weighted by Crippen LogP contribution is -2.64. The van der Waals surface area contributed by atoms with Crippen LogP contribution in [-0.4, -0.2) is 28.6 Å². The van der Waals surface area contributed by atoms with Crippen LogP contribution in [-0.2, 0) is 6.54 Å². The SMILES string of the molecule is O=C1NC2(C[C@@H]3CC[C@@H](C2)N3Cc2ccccc2)Nc2ccccc21. The molecule has 2 N–H and O–H groups in total. The molecule has 0 aromatic heterocycles. The second-order valence-electron chi connectivity index (χ2n) is 7.66. The van der Waals surface area contributed by atoms with E-state index in [1.807, 2.05) is 24.3 Å². The van der Waals surface area contributed by atoms with Crippen molar-refractivity contribution in [3.05, 3.63) is 65.7 Å². The smallest absolute Gasteiger partial charge is 0.255 e. The molecule has 2 aromatic carbocycles. The van der Waals surface area contributed by atoms with Crippen molar-refractivity contribution in [1.29, 1.82) is 0 Å². The fourth-order valence-electron chi connectivity index (χ4n) is 4.96. The summed E-state index contributed by atoms with van der Waals surface area (Å²) in [6, 6.07) is 19.6. The van der Waals surface area contributed by atoms with E-state index >= 15 is 0 Å². The van der Waals surface area contributed by atoms with E-state index in [1.165, 1.54) is 18.4 Å². The molecular formula is C21H23N3O. The van der Waals surface area contributed by atoms with Crippen molar-refractivity contribution in [2.45, 2.75) is 50.0 Å². The van der Waals surface area contributed by atoms with Gasteiger partial charge < -0.3 is 10.6 Å². The Morgan fingerprint density at radius 1 is 0.920 bits per heavy atom. The van der Waals surface area contributed by atoms with Crippen LogP contribution < -0.4 is 10.6 Å². The van der Waals surface area contributed by atoms with Crippen molar-refractivity contribution in [3.63, 3.8) is 0 Å². The molecule has 2 atom stereocenters. The van der Waals surface area contributed by atoms with Gasteiger partial charge in [0.1, 0.15) is 5.66 Å². The van der Waals surface area contributed by atoms with E-state index in [4.69, 9.17) is 0 Å². The number of rotatable bonds is 2. The zero-order valence-electron chi connectivity index (χ0n) is 14.2. The van der Waals surface area contributed by atoms with Gasteiger partial charge in [-0.3, -0.25) is 9.69 Å². The average Bonchev–Trinajstić information content (AvgIpc) is 2.87. The minimum atomic E-state index is -0.287. The van der Waals surface area contributed by atoms with Crippen LogP contribution >= 0.6 is 0 Å². The zero-order valence-corrected chi connectivity index (χ0v) is 14.2. The highest BCUT2D eigenvalue weighted by atomic mass is 16.2. The highest BCUT2D eigenvalue weighted by molar-refractivity contribution is 6.02. The van der Waals surface area contributed by atoms with Crippen LogP contribution in [0.3, 0.4) is 0 Å². The van der Waals surface area contributed by atoms with Crippen molar-refractivity contribution in [2.24, 2.45) is 0 Å². The number of piperidine rings is 1. The summed E-state index contributed by atoms with van der Waals surface area (Å²) in [7, 11) is 0. The highest BCUT2D eigenvalue weighted by Crippen LogP contribution is 2.43. The number of nitrogens with one attached hydrogen (secondary N) is 2. The van der Waals surface area contributed by atoms with Crippen LogP contribution in [0.25, 0.3) is 0 Å². The molecule has 0 radical (unpaired) electrons. The number of hydrogen-bond donors (Lipinski definition) is 2. The van der Waals surface area contributed by atoms with E-state index < -0.39 is 0 Å². The molecule has 3 aliphatic rings. The third kappa shape index (κ3) is 2.52. The van der Waals surface area contributed by atoms with E-state index in [0.717, 1.165) is 30.6 Å². The number of benzene rings is 2. The number of para-hydroxylation sites is 1. The van der Waals surface area contributed by atoms with E-state index in [-0.39, 0.29) is 11.6 Å². The van der Waals surface area contributed by atoms with Crippen molar-refractivity contribution in [2.75, 3.05) is 5.32 Å². The summed E-state index contributed by atoms with van der Waals surface area (Å²) >= 11 is 0. The van der Waals surface area contributed by atoms with E-state index in [2.05, 4.69) is 45.9 Å². The van der Waals surface area contributed by atoms with E-state index in [0.29, 0.717) is 12.1 Å². The fraction of sp³-hybridized carbons (Fsp3) is 0.381. The van der Waals surface area contributed by atoms with E-state index in [1.54, 1.807) is 0 Å². The number of hydrogen-bond acceptors (Lipinski definition) is 3. The second-order valence-corrected chi connectivity index (χ2v) is 7.66. The minimum Gasteiger partial charge on any atom is -0.362 e. The summed E-state index contributed by atoms with van der Waals surface area (Å²) in [5, 5.41) is 6.97. The molecule has 1 amide bonds. The zero-order chi connectivity index (χ0) is 16.9. The lowest BCUT2D eigenvalue weighted by molar-refractivity contribution is 0.0609. The van der Waals surface area contributed by atoms with Gasteiger partial charge in [-0.1, -0.05) is 42.5 Å². The topological polar surface area (TPSA) is 44.4 Å². The van der Waals surface area contributed by atoms with Crippen LogP contribution in [0.4, 0.5) is 5.69 Å².